The van der Waals surface area contributed by atoms with E-state index in [1.54, 1.807) is 130 Å². The zero-order valence-corrected chi connectivity index (χ0v) is 74.0. The monoisotopic (exact) mass is 1820 g/mol. The number of fused-ring (bicyclic) bond motifs is 6. The van der Waals surface area contributed by atoms with Crippen LogP contribution in [0.15, 0.2) is 354 Å². The summed E-state index contributed by atoms with van der Waals surface area (Å²) in [4.78, 5) is 66.2. The third-order valence-corrected chi connectivity index (χ3v) is 23.1. The minimum atomic E-state index is -0.571. The first-order valence-electron chi connectivity index (χ1n) is 43.3. The minimum absolute atomic E-state index is 0.0283. The van der Waals surface area contributed by atoms with E-state index >= 15 is 0 Å². The van der Waals surface area contributed by atoms with Crippen molar-refractivity contribution < 1.29 is 27.4 Å². The van der Waals surface area contributed by atoms with E-state index < -0.39 is 11.9 Å². The molecule has 0 saturated carbocycles. The van der Waals surface area contributed by atoms with E-state index in [1.807, 2.05) is 207 Å². The summed E-state index contributed by atoms with van der Waals surface area (Å²) in [6, 6.07) is 82.9. The standard InChI is InChI=1S/C32H27FN4O2.C20H10FN5.C20H11N5.C20H14N4O.C19H11FN4/c1-20-15-24(10-12-29(20)33)31-28(7-4-14-35-31)22-11-13-30-25(16-22)18-36-37(30)32(38)39-19-26(34)17-23-9-8-21-5-2-3-6-27(21)23;1-23-19-11-25-18-7-5-14(12-26(18)19)16-3-2-8-24-20(16)13-4-6-17(21)15(9-13)10-22;1-22-19-12-24-18-8-7-16(13-25(18)19)17-6-3-9-23-20(17)15-5-2-4-14(10-15)11-21;1-21-19-12-23-18-9-8-15(13-24(18)19)17-7-4-10-22-20(17)14-5-3-6-16(11-14)25-2;1-21-18-11-23-17-9-6-14(12-24(17)18)16-3-2-10-22-19(16)13-4-7-15(20)8-5-13/h2-7,9-16,18,26H,8,17,19,34H2,1H3;2-9,11-12H;2-10,12-13H;3-13H,2H3;2-12H/t26-;;;;/m1..../s1. The van der Waals surface area contributed by atoms with Crippen molar-refractivity contribution in [3.8, 4) is 130 Å². The molecule has 0 spiro atoms. The topological polar surface area (TPSA) is 278 Å². The minimum Gasteiger partial charge on any atom is -0.497 e. The molecule has 28 heteroatoms. The fourth-order valence-corrected chi connectivity index (χ4v) is 16.3. The van der Waals surface area contributed by atoms with Gasteiger partial charge in [-0.2, -0.15) is 20.3 Å². The fourth-order valence-electron chi connectivity index (χ4n) is 16.3. The summed E-state index contributed by atoms with van der Waals surface area (Å²) in [7, 11) is 1.65. The van der Waals surface area contributed by atoms with Crippen molar-refractivity contribution in [3.05, 3.63) is 445 Å². The molecule has 14 heterocycles. The van der Waals surface area contributed by atoms with Crippen molar-refractivity contribution >= 4 is 68.4 Å². The van der Waals surface area contributed by atoms with Crippen LogP contribution in [0.5, 0.6) is 5.75 Å². The van der Waals surface area contributed by atoms with Crippen molar-refractivity contribution in [2.45, 2.75) is 25.8 Å². The molecule has 666 valence electrons. The lowest BCUT2D eigenvalue weighted by Gasteiger charge is -2.14. The van der Waals surface area contributed by atoms with Crippen LogP contribution in [0.2, 0.25) is 0 Å². The van der Waals surface area contributed by atoms with Gasteiger partial charge in [-0.05, 0) is 199 Å². The van der Waals surface area contributed by atoms with E-state index in [-0.39, 0.29) is 29.8 Å². The van der Waals surface area contributed by atoms with Crippen LogP contribution in [-0.2, 0) is 11.2 Å². The number of benzene rings is 7. The molecular formula is C111H73F3N22O3. The smallest absolute Gasteiger partial charge is 0.435 e. The number of nitrogens with two attached hydrogens (primary N) is 1. The zero-order chi connectivity index (χ0) is 96.0. The summed E-state index contributed by atoms with van der Waals surface area (Å²) in [6.07, 6.45) is 27.1. The van der Waals surface area contributed by atoms with Crippen molar-refractivity contribution in [1.29, 1.82) is 10.5 Å². The molecule has 0 amide bonds. The average Bonchev–Trinajstić information content (AvgIpc) is 1.77. The van der Waals surface area contributed by atoms with Gasteiger partial charge < -0.3 is 34.6 Å². The number of nitriles is 2. The number of allylic oxidation sites excluding steroid dienone is 1. The number of ether oxygens (including phenoxy) is 2. The molecule has 2 N–H and O–H groups in total. The molecule has 1 aliphatic carbocycles. The Labute approximate surface area is 793 Å². The number of nitrogens with zero attached hydrogens (tertiary/aromatic N) is 21. The van der Waals surface area contributed by atoms with Crippen LogP contribution in [0.25, 0.3) is 170 Å². The Bertz CT molecular complexity index is 8630. The molecule has 0 fully saturated rings. The van der Waals surface area contributed by atoms with Crippen molar-refractivity contribution in [2.24, 2.45) is 5.73 Å². The lowest BCUT2D eigenvalue weighted by atomic mass is 9.97. The zero-order valence-electron chi connectivity index (χ0n) is 74.0. The van der Waals surface area contributed by atoms with Crippen LogP contribution in [0.3, 0.4) is 0 Å². The summed E-state index contributed by atoms with van der Waals surface area (Å²) < 4.78 is 59.8. The molecule has 7 aromatic carbocycles. The van der Waals surface area contributed by atoms with E-state index in [1.165, 1.54) is 57.9 Å². The van der Waals surface area contributed by atoms with E-state index in [0.29, 0.717) is 63.2 Å². The molecular weight excluding hydrogens is 1750 g/mol. The quantitative estimate of drug-likeness (QED) is 0.0934. The number of pyridine rings is 9. The third kappa shape index (κ3) is 19.2. The Kier molecular flexibility index (Phi) is 26.2. The van der Waals surface area contributed by atoms with Crippen LogP contribution in [0.1, 0.15) is 34.2 Å². The number of aryl methyl sites for hydroxylation is 1. The molecule has 1 atom stereocenters. The van der Waals surface area contributed by atoms with E-state index in [0.717, 1.165) is 135 Å². The number of halogens is 3. The first-order valence-corrected chi connectivity index (χ1v) is 43.3. The lowest BCUT2D eigenvalue weighted by Crippen LogP contribution is -2.29. The van der Waals surface area contributed by atoms with Crippen LogP contribution in [0, 0.1) is 73.3 Å². The van der Waals surface area contributed by atoms with Gasteiger partial charge >= 0.3 is 6.09 Å². The number of rotatable bonds is 15. The number of hydrogen-bond donors (Lipinski definition) is 1. The summed E-state index contributed by atoms with van der Waals surface area (Å²) in [5, 5.41) is 23.3. The van der Waals surface area contributed by atoms with Gasteiger partial charge in [0.25, 0.3) is 23.3 Å². The van der Waals surface area contributed by atoms with E-state index in [9.17, 15) is 18.0 Å². The molecule has 0 radical (unpaired) electrons. The predicted octanol–water partition coefficient (Wildman–Crippen LogP) is 25.0. The normalized spacial score (nSPS) is 11.3. The highest BCUT2D eigenvalue weighted by Crippen LogP contribution is 2.40. The highest BCUT2D eigenvalue weighted by atomic mass is 19.1. The van der Waals surface area contributed by atoms with Gasteiger partial charge in [-0.25, -0.2) is 55.5 Å². The molecule has 0 unspecified atom stereocenters. The van der Waals surface area contributed by atoms with Gasteiger partial charge in [0.1, 0.15) is 35.9 Å². The van der Waals surface area contributed by atoms with Crippen molar-refractivity contribution in [2.75, 3.05) is 13.7 Å². The number of aromatic nitrogens is 15. The van der Waals surface area contributed by atoms with Gasteiger partial charge in [-0.15, -0.1) is 0 Å². The van der Waals surface area contributed by atoms with Crippen molar-refractivity contribution in [1.82, 2.24) is 72.2 Å². The van der Waals surface area contributed by atoms with Crippen molar-refractivity contribution in [3.63, 3.8) is 0 Å². The maximum Gasteiger partial charge on any atom is 0.435 e. The van der Waals surface area contributed by atoms with E-state index in [2.05, 4.69) is 93.6 Å². The van der Waals surface area contributed by atoms with Gasteiger partial charge in [0.05, 0.1) is 114 Å². The highest BCUT2D eigenvalue weighted by Gasteiger charge is 2.24. The Morgan fingerprint density at radius 3 is 1.31 bits per heavy atom. The second kappa shape index (κ2) is 40.5. The second-order valence-electron chi connectivity index (χ2n) is 31.7. The van der Waals surface area contributed by atoms with Gasteiger partial charge in [0.15, 0.2) is 0 Å². The highest BCUT2D eigenvalue weighted by molar-refractivity contribution is 5.93. The number of imidazole rings is 4. The van der Waals surface area contributed by atoms with Gasteiger partial charge in [0.2, 0.25) is 22.6 Å². The summed E-state index contributed by atoms with van der Waals surface area (Å²) in [5.41, 5.74) is 31.8. The molecule has 14 aromatic heterocycles. The molecule has 139 heavy (non-hydrogen) atoms. The number of methoxy groups -OCH3 is 1. The predicted molar refractivity (Wildman–Crippen MR) is 527 cm³/mol. The molecule has 22 rings (SSSR count). The Morgan fingerprint density at radius 2 is 0.842 bits per heavy atom. The summed E-state index contributed by atoms with van der Waals surface area (Å²) in [5.74, 6) is 1.53. The second-order valence-corrected chi connectivity index (χ2v) is 31.7. The van der Waals surface area contributed by atoms with E-state index in [4.69, 9.17) is 52.0 Å². The maximum absolute atomic E-state index is 13.8. The third-order valence-electron chi connectivity index (χ3n) is 23.1. The summed E-state index contributed by atoms with van der Waals surface area (Å²) in [6.45, 7) is 30.8. The van der Waals surface area contributed by atoms with Gasteiger partial charge in [0, 0.05) is 145 Å². The van der Waals surface area contributed by atoms with Gasteiger partial charge in [-0.3, -0.25) is 24.9 Å². The molecule has 25 nitrogen and oxygen atoms in total. The molecule has 0 bridgehead atoms. The maximum atomic E-state index is 13.8. The number of carbonyl (C=O) groups is 1. The van der Waals surface area contributed by atoms with Crippen LogP contribution in [-0.4, -0.2) is 98.1 Å². The SMILES string of the molecule is Cc1cc(-c2ncccc2-c2ccc3c(cnn3C(=O)OC[C@H](N)CC3=CCc4ccccc43)c2)ccc1F.[C-]#[N+]c1cnc2ccc(-c3cccnc3-c3ccc(F)c(C#N)c3)cn12.[C-]#[N+]c1cnc2ccc(-c3cccnc3-c3ccc(F)cc3)cn12.[C-]#[N+]c1cnc2ccc(-c3cccnc3-c3cccc(C#N)c3)cn12.[C-]#[N+]c1cnc2ccc(-c3cccnc3-c3cccc(OC)c3)cn12. The first-order chi connectivity index (χ1) is 68.0. The molecule has 0 saturated heterocycles. The summed E-state index contributed by atoms with van der Waals surface area (Å²) >= 11 is 0. The number of hydrogen-bond acceptors (Lipinski definition) is 16. The molecule has 1 aliphatic rings. The largest absolute Gasteiger partial charge is 0.497 e. The van der Waals surface area contributed by atoms with Crippen LogP contribution in [0.4, 0.5) is 41.2 Å². The lowest BCUT2D eigenvalue weighted by molar-refractivity contribution is 0.139. The van der Waals surface area contributed by atoms with Crippen LogP contribution < -0.4 is 10.5 Å². The van der Waals surface area contributed by atoms with Gasteiger partial charge in [-0.1, -0.05) is 117 Å². The molecule has 21 aromatic rings. The molecule has 0 aliphatic heterocycles. The first kappa shape index (κ1) is 89.8. The Morgan fingerprint density at radius 1 is 0.424 bits per heavy atom. The Hall–Kier alpha value is -19.8. The Balaban J connectivity index is 0.000000117. The van der Waals surface area contributed by atoms with Crippen LogP contribution >= 0.6 is 0 Å². The average molecular weight is 1820 g/mol. The fraction of sp³-hybridized carbons (Fsp3) is 0.0541. The number of carbonyl (C=O) groups excluding carboxylic acids is 1.